The molecular formula is C26H36NO2+. The SMILES string of the molecule is CC(=O)CCc1ccc(OCCCC[NH+]2CCC(Cc3ccccc3)CC2)cc1. The van der Waals surface area contributed by atoms with Gasteiger partial charge in [0.05, 0.1) is 26.2 Å². The molecule has 0 aliphatic carbocycles. The van der Waals surface area contributed by atoms with Crippen molar-refractivity contribution < 1.29 is 14.4 Å². The van der Waals surface area contributed by atoms with Gasteiger partial charge in [0.15, 0.2) is 0 Å². The number of carbonyl (C=O) groups excluding carboxylic acids is 1. The molecule has 1 N–H and O–H groups in total. The van der Waals surface area contributed by atoms with Gasteiger partial charge in [-0.05, 0) is 74.6 Å². The zero-order chi connectivity index (χ0) is 20.3. The van der Waals surface area contributed by atoms with Gasteiger partial charge < -0.3 is 14.4 Å². The maximum absolute atomic E-state index is 11.1. The number of aryl methyl sites for hydroxylation is 1. The smallest absolute Gasteiger partial charge is 0.130 e. The monoisotopic (exact) mass is 394 g/mol. The number of likely N-dealkylation sites (tertiary alicyclic amines) is 1. The Kier molecular flexibility index (Phi) is 8.76. The van der Waals surface area contributed by atoms with E-state index in [1.807, 2.05) is 12.1 Å². The highest BCUT2D eigenvalue weighted by atomic mass is 16.5. The van der Waals surface area contributed by atoms with Gasteiger partial charge in [0.25, 0.3) is 0 Å². The molecule has 2 aromatic rings. The summed E-state index contributed by atoms with van der Waals surface area (Å²) in [6.45, 7) is 6.34. The summed E-state index contributed by atoms with van der Waals surface area (Å²) < 4.78 is 5.88. The fourth-order valence-electron chi connectivity index (χ4n) is 4.23. The molecule has 0 amide bonds. The average molecular weight is 395 g/mol. The van der Waals surface area contributed by atoms with Crippen LogP contribution in [-0.4, -0.2) is 32.0 Å². The van der Waals surface area contributed by atoms with Crippen molar-refractivity contribution in [3.8, 4) is 5.75 Å². The van der Waals surface area contributed by atoms with Gasteiger partial charge in [-0.2, -0.15) is 0 Å². The molecule has 3 rings (SSSR count). The highest BCUT2D eigenvalue weighted by molar-refractivity contribution is 5.75. The standard InChI is InChI=1S/C26H35NO2/c1-22(28)9-10-23-11-13-26(14-12-23)29-20-6-5-17-27-18-15-25(16-19-27)21-24-7-3-2-4-8-24/h2-4,7-8,11-14,25H,5-6,9-10,15-21H2,1H3/p+1. The minimum atomic E-state index is 0.243. The van der Waals surface area contributed by atoms with Gasteiger partial charge in [0, 0.05) is 6.42 Å². The molecule has 0 unspecified atom stereocenters. The molecule has 1 aliphatic heterocycles. The molecule has 0 radical (unpaired) electrons. The number of ketones is 1. The van der Waals surface area contributed by atoms with Crippen LogP contribution in [0.5, 0.6) is 5.75 Å². The summed E-state index contributed by atoms with van der Waals surface area (Å²) in [7, 11) is 0. The largest absolute Gasteiger partial charge is 0.494 e. The van der Waals surface area contributed by atoms with E-state index in [1.54, 1.807) is 11.8 Å². The van der Waals surface area contributed by atoms with Crippen molar-refractivity contribution in [2.24, 2.45) is 5.92 Å². The topological polar surface area (TPSA) is 30.7 Å². The zero-order valence-corrected chi connectivity index (χ0v) is 17.9. The maximum atomic E-state index is 11.1. The second-order valence-electron chi connectivity index (χ2n) is 8.53. The van der Waals surface area contributed by atoms with E-state index >= 15 is 0 Å². The van der Waals surface area contributed by atoms with Crippen LogP contribution in [0, 0.1) is 5.92 Å². The van der Waals surface area contributed by atoms with Crippen LogP contribution in [0.15, 0.2) is 54.6 Å². The predicted molar refractivity (Wildman–Crippen MR) is 119 cm³/mol. The van der Waals surface area contributed by atoms with Crippen molar-refractivity contribution in [1.29, 1.82) is 0 Å². The van der Waals surface area contributed by atoms with Crippen LogP contribution in [-0.2, 0) is 17.6 Å². The normalized spacial score (nSPS) is 19.1. The van der Waals surface area contributed by atoms with Crippen molar-refractivity contribution in [3.63, 3.8) is 0 Å². The summed E-state index contributed by atoms with van der Waals surface area (Å²) in [5.74, 6) is 2.04. The van der Waals surface area contributed by atoms with Gasteiger partial charge in [-0.1, -0.05) is 42.5 Å². The van der Waals surface area contributed by atoms with E-state index in [2.05, 4.69) is 42.5 Å². The second kappa shape index (κ2) is 11.8. The van der Waals surface area contributed by atoms with Crippen LogP contribution in [0.2, 0.25) is 0 Å². The Morgan fingerprint density at radius 3 is 2.38 bits per heavy atom. The third-order valence-corrected chi connectivity index (χ3v) is 6.06. The van der Waals surface area contributed by atoms with Gasteiger partial charge in [-0.3, -0.25) is 0 Å². The summed E-state index contributed by atoms with van der Waals surface area (Å²) in [6, 6.07) is 19.1. The first-order chi connectivity index (χ1) is 14.2. The molecule has 0 saturated carbocycles. The molecule has 0 atom stereocenters. The summed E-state index contributed by atoms with van der Waals surface area (Å²) >= 11 is 0. The van der Waals surface area contributed by atoms with Gasteiger partial charge in [-0.15, -0.1) is 0 Å². The van der Waals surface area contributed by atoms with Gasteiger partial charge in [0.1, 0.15) is 11.5 Å². The molecule has 0 bridgehead atoms. The molecule has 1 fully saturated rings. The lowest BCUT2D eigenvalue weighted by Gasteiger charge is -2.29. The molecule has 0 spiro atoms. The molecule has 156 valence electrons. The van der Waals surface area contributed by atoms with E-state index in [4.69, 9.17) is 4.74 Å². The molecular weight excluding hydrogens is 358 g/mol. The summed E-state index contributed by atoms with van der Waals surface area (Å²) in [6.07, 6.45) is 7.74. The number of rotatable bonds is 11. The number of unbranched alkanes of at least 4 members (excludes halogenated alkanes) is 1. The van der Waals surface area contributed by atoms with Gasteiger partial charge in [0.2, 0.25) is 0 Å². The van der Waals surface area contributed by atoms with Gasteiger partial charge >= 0.3 is 0 Å². The van der Waals surface area contributed by atoms with E-state index in [1.165, 1.54) is 56.4 Å². The lowest BCUT2D eigenvalue weighted by Crippen LogP contribution is -3.13. The highest BCUT2D eigenvalue weighted by Gasteiger charge is 2.21. The van der Waals surface area contributed by atoms with Crippen molar-refractivity contribution >= 4 is 5.78 Å². The number of nitrogens with one attached hydrogen (secondary N) is 1. The Balaban J connectivity index is 1.24. The van der Waals surface area contributed by atoms with Crippen LogP contribution >= 0.6 is 0 Å². The fourth-order valence-corrected chi connectivity index (χ4v) is 4.23. The molecule has 2 aromatic carbocycles. The third-order valence-electron chi connectivity index (χ3n) is 6.06. The quantitative estimate of drug-likeness (QED) is 0.586. The minimum absolute atomic E-state index is 0.243. The Bertz CT molecular complexity index is 718. The van der Waals surface area contributed by atoms with Crippen LogP contribution in [0.3, 0.4) is 0 Å². The van der Waals surface area contributed by atoms with E-state index in [0.717, 1.165) is 31.1 Å². The first kappa shape index (κ1) is 21.6. The van der Waals surface area contributed by atoms with Crippen molar-refractivity contribution in [2.45, 2.75) is 51.9 Å². The minimum Gasteiger partial charge on any atom is -0.494 e. The maximum Gasteiger partial charge on any atom is 0.130 e. The highest BCUT2D eigenvalue weighted by Crippen LogP contribution is 2.17. The van der Waals surface area contributed by atoms with E-state index in [0.29, 0.717) is 6.42 Å². The van der Waals surface area contributed by atoms with E-state index in [-0.39, 0.29) is 5.78 Å². The predicted octanol–water partition coefficient (Wildman–Crippen LogP) is 3.90. The number of quaternary nitrogens is 1. The van der Waals surface area contributed by atoms with Crippen molar-refractivity contribution in [2.75, 3.05) is 26.2 Å². The van der Waals surface area contributed by atoms with Crippen LogP contribution in [0.25, 0.3) is 0 Å². The zero-order valence-electron chi connectivity index (χ0n) is 17.9. The first-order valence-electron chi connectivity index (χ1n) is 11.3. The molecule has 1 heterocycles. The summed E-state index contributed by atoms with van der Waals surface area (Å²) in [4.78, 5) is 12.8. The molecule has 1 aliphatic rings. The lowest BCUT2D eigenvalue weighted by molar-refractivity contribution is -0.906. The van der Waals surface area contributed by atoms with Crippen molar-refractivity contribution in [1.82, 2.24) is 0 Å². The van der Waals surface area contributed by atoms with Gasteiger partial charge in [-0.25, -0.2) is 0 Å². The number of piperidine rings is 1. The molecule has 1 saturated heterocycles. The third kappa shape index (κ3) is 8.02. The van der Waals surface area contributed by atoms with Crippen LogP contribution in [0.1, 0.15) is 50.2 Å². The Hall–Kier alpha value is -2.13. The number of carbonyl (C=O) groups is 1. The number of ether oxygens (including phenoxy) is 1. The Morgan fingerprint density at radius 2 is 1.69 bits per heavy atom. The Labute approximate surface area is 176 Å². The number of benzene rings is 2. The van der Waals surface area contributed by atoms with E-state index in [9.17, 15) is 4.79 Å². The summed E-state index contributed by atoms with van der Waals surface area (Å²) in [5, 5.41) is 0. The second-order valence-corrected chi connectivity index (χ2v) is 8.53. The van der Waals surface area contributed by atoms with Crippen LogP contribution < -0.4 is 9.64 Å². The number of hydrogen-bond donors (Lipinski definition) is 1. The molecule has 3 nitrogen and oxygen atoms in total. The number of Topliss-reactive ketones (excluding diaryl/α,β-unsaturated/α-hetero) is 1. The van der Waals surface area contributed by atoms with Crippen LogP contribution in [0.4, 0.5) is 0 Å². The number of hydrogen-bond acceptors (Lipinski definition) is 2. The van der Waals surface area contributed by atoms with Crippen molar-refractivity contribution in [3.05, 3.63) is 65.7 Å². The molecule has 0 aromatic heterocycles. The Morgan fingerprint density at radius 1 is 0.966 bits per heavy atom. The first-order valence-corrected chi connectivity index (χ1v) is 11.3. The fraction of sp³-hybridized carbons (Fsp3) is 0.500. The molecule has 3 heteroatoms. The lowest BCUT2D eigenvalue weighted by atomic mass is 9.90. The summed E-state index contributed by atoms with van der Waals surface area (Å²) in [5.41, 5.74) is 2.69. The van der Waals surface area contributed by atoms with E-state index < -0.39 is 0 Å². The average Bonchev–Trinajstić information content (AvgIpc) is 2.75. The molecule has 29 heavy (non-hydrogen) atoms.